The van der Waals surface area contributed by atoms with Gasteiger partial charge < -0.3 is 15.6 Å². The number of hydrogen-bond donors (Lipinski definition) is 3. The highest BCUT2D eigenvalue weighted by Crippen LogP contribution is 2.54. The highest BCUT2D eigenvalue weighted by molar-refractivity contribution is 5.88. The number of aromatic nitrogens is 2. The van der Waals surface area contributed by atoms with Crippen LogP contribution in [0, 0.1) is 23.7 Å². The van der Waals surface area contributed by atoms with Gasteiger partial charge in [-0.2, -0.15) is 13.2 Å². The van der Waals surface area contributed by atoms with Crippen molar-refractivity contribution in [3.05, 3.63) is 29.6 Å². The lowest BCUT2D eigenvalue weighted by atomic mass is 9.88. The number of benzene rings is 1. The van der Waals surface area contributed by atoms with E-state index < -0.39 is 41.7 Å². The van der Waals surface area contributed by atoms with Crippen molar-refractivity contribution in [2.75, 3.05) is 0 Å². The van der Waals surface area contributed by atoms with Crippen molar-refractivity contribution in [3.8, 4) is 0 Å². The Morgan fingerprint density at radius 1 is 1.17 bits per heavy atom. The van der Waals surface area contributed by atoms with E-state index in [1.807, 2.05) is 5.32 Å². The fourth-order valence-corrected chi connectivity index (χ4v) is 5.61. The van der Waals surface area contributed by atoms with E-state index in [4.69, 9.17) is 4.98 Å². The van der Waals surface area contributed by atoms with Crippen LogP contribution in [0.25, 0.3) is 11.0 Å². The molecule has 10 heteroatoms. The van der Waals surface area contributed by atoms with Crippen LogP contribution in [-0.2, 0) is 16.0 Å². The van der Waals surface area contributed by atoms with E-state index in [1.54, 1.807) is 18.2 Å². The van der Waals surface area contributed by atoms with Crippen molar-refractivity contribution in [1.29, 1.82) is 0 Å². The van der Waals surface area contributed by atoms with Gasteiger partial charge in [0.05, 0.1) is 17.1 Å². The second-order valence-electron chi connectivity index (χ2n) is 10.9. The van der Waals surface area contributed by atoms with E-state index in [0.29, 0.717) is 28.7 Å². The van der Waals surface area contributed by atoms with E-state index in [1.165, 1.54) is 0 Å². The number of alkyl halides is 4. The van der Waals surface area contributed by atoms with E-state index >= 15 is 0 Å². The van der Waals surface area contributed by atoms with Gasteiger partial charge in [0.1, 0.15) is 11.9 Å². The minimum absolute atomic E-state index is 0.194. The van der Waals surface area contributed by atoms with Crippen LogP contribution in [-0.4, -0.2) is 39.7 Å². The zero-order valence-electron chi connectivity index (χ0n) is 19.1. The molecule has 1 aliphatic heterocycles. The van der Waals surface area contributed by atoms with Gasteiger partial charge in [-0.15, -0.1) is 0 Å². The van der Waals surface area contributed by atoms with E-state index in [0.717, 1.165) is 31.2 Å². The van der Waals surface area contributed by atoms with Gasteiger partial charge in [-0.05, 0) is 86.8 Å². The Morgan fingerprint density at radius 2 is 1.86 bits per heavy atom. The Bertz CT molecular complexity index is 1150. The molecule has 1 aromatic heterocycles. The van der Waals surface area contributed by atoms with Crippen LogP contribution in [0.1, 0.15) is 62.4 Å². The molecule has 2 aromatic rings. The summed E-state index contributed by atoms with van der Waals surface area (Å²) in [4.78, 5) is 32.8. The van der Waals surface area contributed by atoms with Crippen molar-refractivity contribution in [2.45, 2.75) is 75.3 Å². The number of nitrogens with one attached hydrogen (secondary N) is 3. The largest absolute Gasteiger partial charge is 0.408 e. The number of hydrogen-bond acceptors (Lipinski definition) is 3. The van der Waals surface area contributed by atoms with Gasteiger partial charge in [-0.1, -0.05) is 6.07 Å². The highest BCUT2D eigenvalue weighted by atomic mass is 19.4. The first kappa shape index (κ1) is 22.8. The summed E-state index contributed by atoms with van der Waals surface area (Å²) in [6.07, 6.45) is 0.347. The SMILES string of the molecule is O=C1NC(C(F)(F)F)CC1Cc1ccc2nc(C(NC(=O)C3(F)CC3)C(C3CC3)C3CC3)[nH]c2c1. The minimum atomic E-state index is -4.45. The summed E-state index contributed by atoms with van der Waals surface area (Å²) in [5, 5.41) is 5.02. The lowest BCUT2D eigenvalue weighted by Crippen LogP contribution is -2.41. The molecule has 0 radical (unpaired) electrons. The van der Waals surface area contributed by atoms with Gasteiger partial charge in [-0.3, -0.25) is 9.59 Å². The molecule has 3 N–H and O–H groups in total. The standard InChI is InChI=1S/C25H28F4N4O2/c26-24(7-8-24)23(35)33-20(19(13-2-3-13)14-4-5-14)21-30-16-6-1-12(10-17(16)31-21)9-15-11-18(25(27,28)29)32-22(15)34/h1,6,10,13-15,18-20H,2-5,7-9,11H2,(H,30,31)(H,32,34)(H,33,35). The number of aromatic amines is 1. The number of halogens is 4. The van der Waals surface area contributed by atoms with Crippen molar-refractivity contribution >= 4 is 22.8 Å². The summed E-state index contributed by atoms with van der Waals surface area (Å²) >= 11 is 0. The summed E-state index contributed by atoms with van der Waals surface area (Å²) < 4.78 is 53.5. The van der Waals surface area contributed by atoms with Crippen LogP contribution in [0.5, 0.6) is 0 Å². The number of nitrogens with zero attached hydrogens (tertiary/aromatic N) is 1. The molecule has 3 atom stereocenters. The number of rotatable bonds is 8. The summed E-state index contributed by atoms with van der Waals surface area (Å²) in [7, 11) is 0. The molecule has 3 aliphatic carbocycles. The number of fused-ring (bicyclic) bond motifs is 1. The van der Waals surface area contributed by atoms with Crippen molar-refractivity contribution in [2.24, 2.45) is 23.7 Å². The number of amides is 2. The maximum atomic E-state index is 14.5. The zero-order valence-corrected chi connectivity index (χ0v) is 19.1. The van der Waals surface area contributed by atoms with Crippen LogP contribution < -0.4 is 10.6 Å². The van der Waals surface area contributed by atoms with Gasteiger partial charge in [0.15, 0.2) is 5.67 Å². The van der Waals surface area contributed by atoms with Gasteiger partial charge >= 0.3 is 6.18 Å². The minimum Gasteiger partial charge on any atom is -0.344 e. The fraction of sp³-hybridized carbons (Fsp3) is 0.640. The lowest BCUT2D eigenvalue weighted by Gasteiger charge is -2.27. The quantitative estimate of drug-likeness (QED) is 0.481. The number of H-pyrrole nitrogens is 1. The third-order valence-corrected chi connectivity index (χ3v) is 8.04. The molecule has 35 heavy (non-hydrogen) atoms. The van der Waals surface area contributed by atoms with Crippen molar-refractivity contribution < 1.29 is 27.2 Å². The third-order valence-electron chi connectivity index (χ3n) is 8.04. The molecule has 188 valence electrons. The molecule has 0 spiro atoms. The first-order valence-electron chi connectivity index (χ1n) is 12.5. The molecular weight excluding hydrogens is 464 g/mol. The molecule has 3 saturated carbocycles. The second-order valence-corrected chi connectivity index (χ2v) is 10.9. The molecule has 1 saturated heterocycles. The van der Waals surface area contributed by atoms with E-state index in [2.05, 4.69) is 10.3 Å². The topological polar surface area (TPSA) is 86.9 Å². The van der Waals surface area contributed by atoms with Gasteiger partial charge in [0.2, 0.25) is 5.91 Å². The van der Waals surface area contributed by atoms with Crippen molar-refractivity contribution in [3.63, 3.8) is 0 Å². The predicted octanol–water partition coefficient (Wildman–Crippen LogP) is 4.27. The predicted molar refractivity (Wildman–Crippen MR) is 119 cm³/mol. The Labute approximate surface area is 199 Å². The fourth-order valence-electron chi connectivity index (χ4n) is 5.61. The Balaban J connectivity index is 1.25. The number of imidazole rings is 1. The van der Waals surface area contributed by atoms with E-state index in [9.17, 15) is 27.2 Å². The van der Waals surface area contributed by atoms with E-state index in [-0.39, 0.29) is 31.6 Å². The normalized spacial score (nSPS) is 26.7. The first-order valence-corrected chi connectivity index (χ1v) is 12.5. The summed E-state index contributed by atoms with van der Waals surface area (Å²) in [5.41, 5.74) is 0.316. The lowest BCUT2D eigenvalue weighted by molar-refractivity contribution is -0.154. The maximum Gasteiger partial charge on any atom is 0.408 e. The molecule has 6 rings (SSSR count). The molecule has 4 fully saturated rings. The molecule has 2 heterocycles. The smallest absolute Gasteiger partial charge is 0.344 e. The number of carbonyl (C=O) groups excluding carboxylic acids is 2. The molecule has 4 aliphatic rings. The molecule has 2 amide bonds. The highest BCUT2D eigenvalue weighted by Gasteiger charge is 2.54. The average molecular weight is 493 g/mol. The van der Waals surface area contributed by atoms with Crippen molar-refractivity contribution in [1.82, 2.24) is 20.6 Å². The molecular formula is C25H28F4N4O2. The molecule has 6 nitrogen and oxygen atoms in total. The summed E-state index contributed by atoms with van der Waals surface area (Å²) in [6, 6.07) is 3.14. The monoisotopic (exact) mass is 492 g/mol. The maximum absolute atomic E-state index is 14.5. The van der Waals surface area contributed by atoms with Crippen LogP contribution in [0.15, 0.2) is 18.2 Å². The Morgan fingerprint density at radius 3 is 2.43 bits per heavy atom. The zero-order chi connectivity index (χ0) is 24.5. The Hall–Kier alpha value is -2.65. The third kappa shape index (κ3) is 4.51. The molecule has 0 bridgehead atoms. The summed E-state index contributed by atoms with van der Waals surface area (Å²) in [6.45, 7) is 0. The Kier molecular flexibility index (Phi) is 5.16. The summed E-state index contributed by atoms with van der Waals surface area (Å²) in [5.74, 6) is -0.111. The molecule has 3 unspecified atom stereocenters. The van der Waals surface area contributed by atoms with Crippen LogP contribution in [0.2, 0.25) is 0 Å². The van der Waals surface area contributed by atoms with Gasteiger partial charge in [0, 0.05) is 5.92 Å². The van der Waals surface area contributed by atoms with Crippen LogP contribution in [0.3, 0.4) is 0 Å². The van der Waals surface area contributed by atoms with Gasteiger partial charge in [-0.25, -0.2) is 9.37 Å². The van der Waals surface area contributed by atoms with Crippen LogP contribution >= 0.6 is 0 Å². The average Bonchev–Trinajstić information content (AvgIpc) is 3.71. The molecule has 1 aromatic carbocycles. The first-order chi connectivity index (χ1) is 16.6. The second kappa shape index (κ2) is 7.93. The van der Waals surface area contributed by atoms with Gasteiger partial charge in [0.25, 0.3) is 5.91 Å². The number of carbonyl (C=O) groups is 2. The van der Waals surface area contributed by atoms with Crippen LogP contribution in [0.4, 0.5) is 17.6 Å².